The lowest BCUT2D eigenvalue weighted by Crippen LogP contribution is -2.53. The monoisotopic (exact) mass is 338 g/mol. The zero-order chi connectivity index (χ0) is 17.6. The number of hydrogen-bond acceptors (Lipinski definition) is 3. The van der Waals surface area contributed by atoms with Crippen LogP contribution in [-0.2, 0) is 4.74 Å². The minimum absolute atomic E-state index is 0.221. The fourth-order valence-corrected chi connectivity index (χ4v) is 2.98. The summed E-state index contributed by atoms with van der Waals surface area (Å²) in [5, 5.41) is 6.83. The molecular weight excluding hydrogens is 304 g/mol. The molecule has 1 saturated heterocycles. The lowest BCUT2D eigenvalue weighted by molar-refractivity contribution is 0.0193. The number of amides is 1. The van der Waals surface area contributed by atoms with Crippen LogP contribution in [0.1, 0.15) is 59.3 Å². The van der Waals surface area contributed by atoms with Gasteiger partial charge in [0.25, 0.3) is 0 Å². The van der Waals surface area contributed by atoms with Crippen LogP contribution >= 0.6 is 0 Å². The second-order valence-electron chi connectivity index (χ2n) is 7.99. The van der Waals surface area contributed by atoms with Gasteiger partial charge in [-0.25, -0.2) is 4.79 Å². The molecule has 1 aliphatic carbocycles. The SMILES string of the molecule is CN=C(NCCCC1CC1)NC1CCCN(C(=O)OC(C)(C)C)C1. The second kappa shape index (κ2) is 8.58. The summed E-state index contributed by atoms with van der Waals surface area (Å²) >= 11 is 0. The van der Waals surface area contributed by atoms with Crippen LogP contribution < -0.4 is 10.6 Å². The van der Waals surface area contributed by atoms with E-state index in [1.165, 1.54) is 25.7 Å². The zero-order valence-electron chi connectivity index (χ0n) is 15.7. The van der Waals surface area contributed by atoms with Crippen LogP contribution in [0.15, 0.2) is 4.99 Å². The van der Waals surface area contributed by atoms with Gasteiger partial charge in [0.05, 0.1) is 0 Å². The highest BCUT2D eigenvalue weighted by molar-refractivity contribution is 5.80. The number of piperidine rings is 1. The van der Waals surface area contributed by atoms with Crippen molar-refractivity contribution in [2.24, 2.45) is 10.9 Å². The molecule has 0 spiro atoms. The smallest absolute Gasteiger partial charge is 0.410 e. The fourth-order valence-electron chi connectivity index (χ4n) is 2.98. The van der Waals surface area contributed by atoms with Gasteiger partial charge in [0.2, 0.25) is 0 Å². The molecule has 0 bridgehead atoms. The minimum Gasteiger partial charge on any atom is -0.444 e. The van der Waals surface area contributed by atoms with E-state index in [0.717, 1.165) is 37.8 Å². The normalized spacial score (nSPS) is 22.2. The topological polar surface area (TPSA) is 66.0 Å². The minimum atomic E-state index is -0.448. The lowest BCUT2D eigenvalue weighted by Gasteiger charge is -2.35. The van der Waals surface area contributed by atoms with Crippen LogP contribution in [0.2, 0.25) is 0 Å². The van der Waals surface area contributed by atoms with Crippen molar-refractivity contribution in [3.05, 3.63) is 0 Å². The van der Waals surface area contributed by atoms with Gasteiger partial charge >= 0.3 is 6.09 Å². The number of ether oxygens (including phenoxy) is 1. The predicted molar refractivity (Wildman–Crippen MR) is 97.3 cm³/mol. The number of carbonyl (C=O) groups excluding carboxylic acids is 1. The Morgan fingerprint density at radius 2 is 2.04 bits per heavy atom. The lowest BCUT2D eigenvalue weighted by atomic mass is 10.1. The molecule has 1 heterocycles. The van der Waals surface area contributed by atoms with Crippen molar-refractivity contribution in [2.45, 2.75) is 70.9 Å². The van der Waals surface area contributed by atoms with Gasteiger partial charge in [0, 0.05) is 32.7 Å². The Morgan fingerprint density at radius 3 is 2.67 bits per heavy atom. The van der Waals surface area contributed by atoms with Gasteiger partial charge in [-0.15, -0.1) is 0 Å². The highest BCUT2D eigenvalue weighted by atomic mass is 16.6. The number of guanidine groups is 1. The molecule has 0 radical (unpaired) electrons. The molecule has 2 rings (SSSR count). The maximum atomic E-state index is 12.2. The van der Waals surface area contributed by atoms with Crippen molar-refractivity contribution in [1.29, 1.82) is 0 Å². The average Bonchev–Trinajstić information content (AvgIpc) is 3.33. The molecule has 1 aliphatic heterocycles. The summed E-state index contributed by atoms with van der Waals surface area (Å²) in [6.45, 7) is 8.09. The molecule has 2 fully saturated rings. The number of nitrogens with zero attached hydrogens (tertiary/aromatic N) is 2. The Kier molecular flexibility index (Phi) is 6.75. The Hall–Kier alpha value is -1.46. The number of hydrogen-bond donors (Lipinski definition) is 2. The van der Waals surface area contributed by atoms with Crippen molar-refractivity contribution >= 4 is 12.1 Å². The molecule has 6 nitrogen and oxygen atoms in total. The summed E-state index contributed by atoms with van der Waals surface area (Å²) in [6.07, 6.45) is 7.14. The van der Waals surface area contributed by atoms with Gasteiger partial charge in [0.1, 0.15) is 5.60 Å². The highest BCUT2D eigenvalue weighted by Crippen LogP contribution is 2.33. The van der Waals surface area contributed by atoms with E-state index in [2.05, 4.69) is 15.6 Å². The van der Waals surface area contributed by atoms with E-state index in [9.17, 15) is 4.79 Å². The summed E-state index contributed by atoms with van der Waals surface area (Å²) < 4.78 is 5.48. The Bertz CT molecular complexity index is 441. The predicted octanol–water partition coefficient (Wildman–Crippen LogP) is 2.74. The number of nitrogens with one attached hydrogen (secondary N) is 2. The van der Waals surface area contributed by atoms with E-state index in [1.807, 2.05) is 20.8 Å². The fraction of sp³-hybridized carbons (Fsp3) is 0.889. The molecule has 0 aromatic rings. The van der Waals surface area contributed by atoms with Crippen molar-refractivity contribution < 1.29 is 9.53 Å². The maximum absolute atomic E-state index is 12.2. The third-order valence-electron chi connectivity index (χ3n) is 4.42. The first kappa shape index (κ1) is 18.9. The van der Waals surface area contributed by atoms with Crippen LogP contribution in [0.3, 0.4) is 0 Å². The summed E-state index contributed by atoms with van der Waals surface area (Å²) in [4.78, 5) is 18.3. The molecule has 2 aliphatic rings. The Balaban J connectivity index is 1.72. The molecule has 0 aromatic heterocycles. The van der Waals surface area contributed by atoms with Crippen LogP contribution in [0, 0.1) is 5.92 Å². The van der Waals surface area contributed by atoms with Gasteiger partial charge in [-0.3, -0.25) is 4.99 Å². The molecule has 138 valence electrons. The summed E-state index contributed by atoms with van der Waals surface area (Å²) in [6, 6.07) is 0.223. The van der Waals surface area contributed by atoms with Crippen molar-refractivity contribution in [1.82, 2.24) is 15.5 Å². The van der Waals surface area contributed by atoms with E-state index in [0.29, 0.717) is 6.54 Å². The van der Waals surface area contributed by atoms with E-state index in [-0.39, 0.29) is 12.1 Å². The number of rotatable bonds is 5. The van der Waals surface area contributed by atoms with E-state index in [1.54, 1.807) is 11.9 Å². The standard InChI is InChI=1S/C18H34N4O2/c1-18(2,3)24-17(23)22-12-6-8-15(13-22)21-16(19-4)20-11-5-7-14-9-10-14/h14-15H,5-13H2,1-4H3,(H2,19,20,21). The van der Waals surface area contributed by atoms with Crippen LogP contribution in [0.4, 0.5) is 4.79 Å². The molecule has 1 unspecified atom stereocenters. The van der Waals surface area contributed by atoms with Crippen molar-refractivity contribution in [3.8, 4) is 0 Å². The molecule has 1 saturated carbocycles. The Morgan fingerprint density at radius 1 is 1.29 bits per heavy atom. The number of likely N-dealkylation sites (tertiary alicyclic amines) is 1. The maximum Gasteiger partial charge on any atom is 0.410 e. The number of aliphatic imine (C=N–C) groups is 1. The third-order valence-corrected chi connectivity index (χ3v) is 4.42. The van der Waals surface area contributed by atoms with E-state index in [4.69, 9.17) is 4.74 Å². The second-order valence-corrected chi connectivity index (χ2v) is 7.99. The van der Waals surface area contributed by atoms with Crippen molar-refractivity contribution in [3.63, 3.8) is 0 Å². The first-order chi connectivity index (χ1) is 11.4. The first-order valence-corrected chi connectivity index (χ1v) is 9.32. The molecule has 6 heteroatoms. The molecule has 24 heavy (non-hydrogen) atoms. The molecule has 2 N–H and O–H groups in total. The quantitative estimate of drug-likeness (QED) is 0.459. The highest BCUT2D eigenvalue weighted by Gasteiger charge is 2.28. The van der Waals surface area contributed by atoms with Gasteiger partial charge in [-0.2, -0.15) is 0 Å². The average molecular weight is 338 g/mol. The molecule has 0 aromatic carbocycles. The number of carbonyl (C=O) groups is 1. The van der Waals surface area contributed by atoms with Gasteiger partial charge in [-0.05, 0) is 52.4 Å². The summed E-state index contributed by atoms with van der Waals surface area (Å²) in [5.74, 6) is 1.81. The van der Waals surface area contributed by atoms with Gasteiger partial charge in [0.15, 0.2) is 5.96 Å². The zero-order valence-corrected chi connectivity index (χ0v) is 15.7. The molecule has 1 atom stereocenters. The summed E-state index contributed by atoms with van der Waals surface area (Å²) in [7, 11) is 1.80. The third kappa shape index (κ3) is 6.97. The van der Waals surface area contributed by atoms with Crippen molar-refractivity contribution in [2.75, 3.05) is 26.7 Å². The van der Waals surface area contributed by atoms with Crippen LogP contribution in [-0.4, -0.2) is 55.3 Å². The Labute approximate surface area is 146 Å². The van der Waals surface area contributed by atoms with Crippen LogP contribution in [0.25, 0.3) is 0 Å². The molecular formula is C18H34N4O2. The first-order valence-electron chi connectivity index (χ1n) is 9.32. The van der Waals surface area contributed by atoms with Crippen LogP contribution in [0.5, 0.6) is 0 Å². The van der Waals surface area contributed by atoms with Gasteiger partial charge < -0.3 is 20.3 Å². The van der Waals surface area contributed by atoms with Gasteiger partial charge in [-0.1, -0.05) is 12.8 Å². The summed E-state index contributed by atoms with van der Waals surface area (Å²) in [5.41, 5.74) is -0.448. The van der Waals surface area contributed by atoms with E-state index < -0.39 is 5.60 Å². The largest absolute Gasteiger partial charge is 0.444 e. The van der Waals surface area contributed by atoms with E-state index >= 15 is 0 Å². The molecule has 1 amide bonds.